The Labute approximate surface area is 186 Å². The van der Waals surface area contributed by atoms with Crippen molar-refractivity contribution in [3.05, 3.63) is 89.0 Å². The molecular formula is C25H24N2O5. The molecular weight excluding hydrogens is 408 g/mol. The van der Waals surface area contributed by atoms with Crippen molar-refractivity contribution in [3.63, 3.8) is 0 Å². The van der Waals surface area contributed by atoms with Crippen molar-refractivity contribution >= 4 is 18.1 Å². The first-order chi connectivity index (χ1) is 15.5. The van der Waals surface area contributed by atoms with Crippen molar-refractivity contribution < 1.29 is 23.8 Å². The Morgan fingerprint density at radius 3 is 2.41 bits per heavy atom. The molecule has 0 unspecified atom stereocenters. The highest BCUT2D eigenvalue weighted by Crippen LogP contribution is 2.28. The lowest BCUT2D eigenvalue weighted by molar-refractivity contribution is -0.123. The van der Waals surface area contributed by atoms with Gasteiger partial charge in [0, 0.05) is 0 Å². The minimum Gasteiger partial charge on any atom is -0.493 e. The number of carbonyl (C=O) groups excluding carboxylic acids is 2. The molecule has 0 fully saturated rings. The number of ether oxygens (including phenoxy) is 3. The van der Waals surface area contributed by atoms with Gasteiger partial charge in [-0.15, -0.1) is 0 Å². The summed E-state index contributed by atoms with van der Waals surface area (Å²) in [5, 5.41) is 3.94. The van der Waals surface area contributed by atoms with Crippen LogP contribution in [0.15, 0.2) is 71.8 Å². The Morgan fingerprint density at radius 1 is 0.938 bits per heavy atom. The van der Waals surface area contributed by atoms with Crippen LogP contribution in [0.2, 0.25) is 0 Å². The summed E-state index contributed by atoms with van der Waals surface area (Å²) in [5.74, 6) is 0.426. The molecule has 3 aromatic carbocycles. The van der Waals surface area contributed by atoms with Gasteiger partial charge in [-0.2, -0.15) is 5.10 Å². The summed E-state index contributed by atoms with van der Waals surface area (Å²) < 4.78 is 16.3. The maximum absolute atomic E-state index is 12.3. The molecule has 0 spiro atoms. The molecule has 3 aromatic rings. The molecule has 0 aliphatic carbocycles. The zero-order valence-electron chi connectivity index (χ0n) is 18.1. The average Bonchev–Trinajstić information content (AvgIpc) is 2.80. The quantitative estimate of drug-likeness (QED) is 0.251. The largest absolute Gasteiger partial charge is 0.493 e. The van der Waals surface area contributed by atoms with Gasteiger partial charge in [0.25, 0.3) is 5.91 Å². The summed E-state index contributed by atoms with van der Waals surface area (Å²) in [4.78, 5) is 24.2. The van der Waals surface area contributed by atoms with Crippen molar-refractivity contribution in [3.8, 4) is 17.2 Å². The average molecular weight is 432 g/mol. The second kappa shape index (κ2) is 10.8. The van der Waals surface area contributed by atoms with Crippen LogP contribution in [-0.2, 0) is 4.79 Å². The number of methoxy groups -OCH3 is 1. The van der Waals surface area contributed by atoms with Gasteiger partial charge in [-0.05, 0) is 61.4 Å². The normalized spacial score (nSPS) is 10.6. The van der Waals surface area contributed by atoms with Crippen LogP contribution in [0.25, 0.3) is 0 Å². The predicted octanol–water partition coefficient (Wildman–Crippen LogP) is 4.06. The molecule has 3 rings (SSSR count). The monoisotopic (exact) mass is 432 g/mol. The Balaban J connectivity index is 1.56. The molecule has 1 amide bonds. The summed E-state index contributed by atoms with van der Waals surface area (Å²) >= 11 is 0. The number of esters is 1. The molecule has 7 heteroatoms. The lowest BCUT2D eigenvalue weighted by atomic mass is 10.1. The zero-order valence-corrected chi connectivity index (χ0v) is 18.1. The molecule has 0 saturated heterocycles. The number of nitrogens with zero attached hydrogens (tertiary/aromatic N) is 1. The van der Waals surface area contributed by atoms with E-state index in [4.69, 9.17) is 14.2 Å². The maximum atomic E-state index is 12.3. The lowest BCUT2D eigenvalue weighted by Crippen LogP contribution is -2.24. The third-order valence-electron chi connectivity index (χ3n) is 4.49. The van der Waals surface area contributed by atoms with Gasteiger partial charge in [0.15, 0.2) is 18.1 Å². The fraction of sp³-hybridized carbons (Fsp3) is 0.160. The predicted molar refractivity (Wildman–Crippen MR) is 122 cm³/mol. The van der Waals surface area contributed by atoms with Crippen molar-refractivity contribution in [1.82, 2.24) is 5.43 Å². The summed E-state index contributed by atoms with van der Waals surface area (Å²) in [7, 11) is 1.47. The first-order valence-electron chi connectivity index (χ1n) is 9.93. The summed E-state index contributed by atoms with van der Waals surface area (Å²) in [6.45, 7) is 3.76. The van der Waals surface area contributed by atoms with E-state index < -0.39 is 5.97 Å². The van der Waals surface area contributed by atoms with E-state index in [0.29, 0.717) is 22.6 Å². The molecule has 32 heavy (non-hydrogen) atoms. The van der Waals surface area contributed by atoms with Gasteiger partial charge in [-0.25, -0.2) is 10.2 Å². The molecule has 0 atom stereocenters. The minimum atomic E-state index is -0.485. The van der Waals surface area contributed by atoms with Crippen molar-refractivity contribution in [2.45, 2.75) is 13.8 Å². The molecule has 0 bridgehead atoms. The highest BCUT2D eigenvalue weighted by Gasteiger charge is 2.12. The van der Waals surface area contributed by atoms with Crippen molar-refractivity contribution in [2.75, 3.05) is 13.7 Å². The number of amides is 1. The van der Waals surface area contributed by atoms with Crippen LogP contribution in [0.4, 0.5) is 0 Å². The van der Waals surface area contributed by atoms with Crippen molar-refractivity contribution in [1.29, 1.82) is 0 Å². The molecule has 0 heterocycles. The Hall–Kier alpha value is -4.13. The lowest BCUT2D eigenvalue weighted by Gasteiger charge is -2.10. The van der Waals surface area contributed by atoms with Crippen LogP contribution in [0, 0.1) is 13.8 Å². The Morgan fingerprint density at radius 2 is 1.69 bits per heavy atom. The highest BCUT2D eigenvalue weighted by atomic mass is 16.6. The molecule has 0 radical (unpaired) electrons. The standard InChI is InChI=1S/C25H24N2O5/c1-17-9-11-21(18(2)13-17)31-16-24(28)27-26-15-19-10-12-22(23(14-19)30-3)32-25(29)20-7-5-4-6-8-20/h4-15H,16H2,1-3H3,(H,27,28). The zero-order chi connectivity index (χ0) is 22.9. The van der Waals surface area contributed by atoms with Gasteiger partial charge >= 0.3 is 5.97 Å². The fourth-order valence-corrected chi connectivity index (χ4v) is 2.90. The molecule has 7 nitrogen and oxygen atoms in total. The van der Waals surface area contributed by atoms with Crippen LogP contribution >= 0.6 is 0 Å². The number of hydrogen-bond acceptors (Lipinski definition) is 6. The summed E-state index contributed by atoms with van der Waals surface area (Å²) in [6.07, 6.45) is 1.46. The number of hydrogen-bond donors (Lipinski definition) is 1. The van der Waals surface area contributed by atoms with E-state index in [9.17, 15) is 9.59 Å². The number of rotatable bonds is 8. The van der Waals surface area contributed by atoms with E-state index in [1.165, 1.54) is 13.3 Å². The number of hydrazone groups is 1. The van der Waals surface area contributed by atoms with Crippen LogP contribution in [0.1, 0.15) is 27.0 Å². The molecule has 0 aliphatic rings. The molecule has 0 aliphatic heterocycles. The topological polar surface area (TPSA) is 86.2 Å². The SMILES string of the molecule is COc1cc(C=NNC(=O)COc2ccc(C)cc2C)ccc1OC(=O)c1ccccc1. The van der Waals surface area contributed by atoms with E-state index in [-0.39, 0.29) is 18.3 Å². The number of nitrogens with one attached hydrogen (secondary N) is 1. The number of carbonyl (C=O) groups is 2. The van der Waals surface area contributed by atoms with Crippen molar-refractivity contribution in [2.24, 2.45) is 5.10 Å². The van der Waals surface area contributed by atoms with Gasteiger partial charge in [0.2, 0.25) is 0 Å². The van der Waals surface area contributed by atoms with E-state index in [1.807, 2.05) is 38.1 Å². The van der Waals surface area contributed by atoms with E-state index in [2.05, 4.69) is 10.5 Å². The van der Waals surface area contributed by atoms with E-state index in [1.54, 1.807) is 42.5 Å². The number of aryl methyl sites for hydroxylation is 2. The molecule has 0 saturated carbocycles. The third kappa shape index (κ3) is 6.18. The van der Waals surface area contributed by atoms with E-state index >= 15 is 0 Å². The minimum absolute atomic E-state index is 0.154. The second-order valence-electron chi connectivity index (χ2n) is 7.02. The van der Waals surface area contributed by atoms with Gasteiger partial charge in [-0.1, -0.05) is 35.9 Å². The molecule has 0 aromatic heterocycles. The Kier molecular flexibility index (Phi) is 7.59. The third-order valence-corrected chi connectivity index (χ3v) is 4.49. The fourth-order valence-electron chi connectivity index (χ4n) is 2.90. The Bertz CT molecular complexity index is 1130. The van der Waals surface area contributed by atoms with Crippen LogP contribution < -0.4 is 19.6 Å². The smallest absolute Gasteiger partial charge is 0.343 e. The molecule has 1 N–H and O–H groups in total. The van der Waals surface area contributed by atoms with Gasteiger partial charge < -0.3 is 14.2 Å². The van der Waals surface area contributed by atoms with Gasteiger partial charge in [0.1, 0.15) is 5.75 Å². The van der Waals surface area contributed by atoms with Gasteiger partial charge in [0.05, 0.1) is 18.9 Å². The highest BCUT2D eigenvalue weighted by molar-refractivity contribution is 5.91. The van der Waals surface area contributed by atoms with Crippen LogP contribution in [-0.4, -0.2) is 31.8 Å². The van der Waals surface area contributed by atoms with Crippen LogP contribution in [0.5, 0.6) is 17.2 Å². The second-order valence-corrected chi connectivity index (χ2v) is 7.02. The van der Waals surface area contributed by atoms with E-state index in [0.717, 1.165) is 11.1 Å². The first kappa shape index (κ1) is 22.6. The van der Waals surface area contributed by atoms with Gasteiger partial charge in [-0.3, -0.25) is 4.79 Å². The summed E-state index contributed by atoms with van der Waals surface area (Å²) in [5.41, 5.74) is 5.59. The first-order valence-corrected chi connectivity index (χ1v) is 9.93. The molecule has 164 valence electrons. The summed E-state index contributed by atoms with van der Waals surface area (Å²) in [6, 6.07) is 19.4. The maximum Gasteiger partial charge on any atom is 0.343 e. The number of benzene rings is 3. The van der Waals surface area contributed by atoms with Crippen LogP contribution in [0.3, 0.4) is 0 Å².